The van der Waals surface area contributed by atoms with Crippen LogP contribution in [0.25, 0.3) is 0 Å². The zero-order valence-corrected chi connectivity index (χ0v) is 11.8. The van der Waals surface area contributed by atoms with Crippen molar-refractivity contribution in [1.29, 1.82) is 0 Å². The van der Waals surface area contributed by atoms with Gasteiger partial charge in [-0.1, -0.05) is 26.7 Å². The first kappa shape index (κ1) is 13.4. The molecule has 2 nitrogen and oxygen atoms in total. The highest BCUT2D eigenvalue weighted by Crippen LogP contribution is 2.44. The molecule has 2 heteroatoms. The van der Waals surface area contributed by atoms with Crippen LogP contribution in [0, 0.1) is 17.8 Å². The van der Waals surface area contributed by atoms with Crippen LogP contribution in [0.3, 0.4) is 0 Å². The molecular weight excluding hydrogens is 210 g/mol. The molecule has 0 bridgehead atoms. The minimum absolute atomic E-state index is 0.288. The van der Waals surface area contributed by atoms with E-state index in [1.165, 1.54) is 38.5 Å². The van der Waals surface area contributed by atoms with E-state index in [0.29, 0.717) is 0 Å². The molecular formula is C15H29NO. The van der Waals surface area contributed by atoms with E-state index in [0.717, 1.165) is 30.9 Å². The molecule has 100 valence electrons. The fourth-order valence-corrected chi connectivity index (χ4v) is 3.85. The lowest BCUT2D eigenvalue weighted by Gasteiger charge is -2.42. The van der Waals surface area contributed by atoms with Crippen LogP contribution >= 0.6 is 0 Å². The summed E-state index contributed by atoms with van der Waals surface area (Å²) in [5.74, 6) is 2.48. The fraction of sp³-hybridized carbons (Fsp3) is 1.00. The van der Waals surface area contributed by atoms with Crippen LogP contribution in [0.15, 0.2) is 0 Å². The van der Waals surface area contributed by atoms with Gasteiger partial charge in [-0.05, 0) is 57.0 Å². The van der Waals surface area contributed by atoms with E-state index in [9.17, 15) is 0 Å². The van der Waals surface area contributed by atoms with Crippen molar-refractivity contribution in [3.8, 4) is 0 Å². The summed E-state index contributed by atoms with van der Waals surface area (Å²) in [6.07, 6.45) is 7.99. The summed E-state index contributed by atoms with van der Waals surface area (Å²) in [4.78, 5) is 0. The molecule has 0 aromatic carbocycles. The Balaban J connectivity index is 1.92. The number of ether oxygens (including phenoxy) is 1. The van der Waals surface area contributed by atoms with Crippen molar-refractivity contribution in [1.82, 2.24) is 5.32 Å². The van der Waals surface area contributed by atoms with Gasteiger partial charge in [0.25, 0.3) is 0 Å². The van der Waals surface area contributed by atoms with Crippen LogP contribution in [-0.2, 0) is 4.74 Å². The van der Waals surface area contributed by atoms with Gasteiger partial charge in [-0.2, -0.15) is 0 Å². The summed E-state index contributed by atoms with van der Waals surface area (Å²) >= 11 is 0. The first-order valence-electron chi connectivity index (χ1n) is 7.45. The lowest BCUT2D eigenvalue weighted by molar-refractivity contribution is -0.104. The molecule has 1 saturated carbocycles. The lowest BCUT2D eigenvalue weighted by Crippen LogP contribution is -2.41. The molecule has 17 heavy (non-hydrogen) atoms. The molecule has 0 radical (unpaired) electrons. The molecule has 1 spiro atoms. The van der Waals surface area contributed by atoms with Gasteiger partial charge in [-0.25, -0.2) is 0 Å². The van der Waals surface area contributed by atoms with Gasteiger partial charge < -0.3 is 10.1 Å². The van der Waals surface area contributed by atoms with Gasteiger partial charge in [0, 0.05) is 6.61 Å². The van der Waals surface area contributed by atoms with Crippen molar-refractivity contribution in [2.45, 2.75) is 58.0 Å². The van der Waals surface area contributed by atoms with Crippen molar-refractivity contribution < 1.29 is 4.74 Å². The largest absolute Gasteiger partial charge is 0.375 e. The molecule has 1 heterocycles. The average molecular weight is 239 g/mol. The van der Waals surface area contributed by atoms with Crippen molar-refractivity contribution in [2.24, 2.45) is 17.8 Å². The summed E-state index contributed by atoms with van der Waals surface area (Å²) in [7, 11) is 2.06. The number of hydrogen-bond acceptors (Lipinski definition) is 2. The van der Waals surface area contributed by atoms with Gasteiger partial charge in [0.1, 0.15) is 0 Å². The molecule has 0 aromatic rings. The Labute approximate surface area is 107 Å². The van der Waals surface area contributed by atoms with Gasteiger partial charge in [0.2, 0.25) is 0 Å². The van der Waals surface area contributed by atoms with Gasteiger partial charge in [0.05, 0.1) is 5.60 Å². The van der Waals surface area contributed by atoms with E-state index >= 15 is 0 Å². The van der Waals surface area contributed by atoms with Crippen LogP contribution in [0.1, 0.15) is 52.4 Å². The molecule has 2 aliphatic rings. The number of nitrogens with one attached hydrogen (secondary N) is 1. The average Bonchev–Trinajstić information content (AvgIpc) is 2.76. The van der Waals surface area contributed by atoms with Gasteiger partial charge >= 0.3 is 0 Å². The molecule has 2 rings (SSSR count). The Hall–Kier alpha value is -0.0800. The third kappa shape index (κ3) is 3.03. The van der Waals surface area contributed by atoms with Crippen LogP contribution < -0.4 is 5.32 Å². The summed E-state index contributed by atoms with van der Waals surface area (Å²) in [6.45, 7) is 6.98. The highest BCUT2D eigenvalue weighted by Gasteiger charge is 2.41. The van der Waals surface area contributed by atoms with Crippen molar-refractivity contribution in [2.75, 3.05) is 20.2 Å². The maximum atomic E-state index is 6.13. The van der Waals surface area contributed by atoms with Crippen molar-refractivity contribution >= 4 is 0 Å². The third-order valence-corrected chi connectivity index (χ3v) is 5.21. The minimum atomic E-state index is 0.288. The second-order valence-corrected chi connectivity index (χ2v) is 6.39. The summed E-state index contributed by atoms with van der Waals surface area (Å²) in [5, 5.41) is 3.32. The predicted molar refractivity (Wildman–Crippen MR) is 72.1 cm³/mol. The Morgan fingerprint density at radius 2 is 2.00 bits per heavy atom. The highest BCUT2D eigenvalue weighted by atomic mass is 16.5. The molecule has 1 aliphatic carbocycles. The topological polar surface area (TPSA) is 21.3 Å². The maximum Gasteiger partial charge on any atom is 0.0685 e. The lowest BCUT2D eigenvalue weighted by atomic mass is 9.74. The third-order valence-electron chi connectivity index (χ3n) is 5.21. The Morgan fingerprint density at radius 3 is 2.65 bits per heavy atom. The second-order valence-electron chi connectivity index (χ2n) is 6.39. The summed E-state index contributed by atoms with van der Waals surface area (Å²) < 4.78 is 6.13. The zero-order valence-electron chi connectivity index (χ0n) is 11.8. The summed E-state index contributed by atoms with van der Waals surface area (Å²) in [6, 6.07) is 0. The summed E-state index contributed by atoms with van der Waals surface area (Å²) in [5.41, 5.74) is 0.288. The standard InChI is InChI=1S/C15H29NO/c1-12(11-16-3)13(2)14-6-9-17-15(10-14)7-4-5-8-15/h12-14,16H,4-11H2,1-3H3. The predicted octanol–water partition coefficient (Wildman–Crippen LogP) is 3.22. The van der Waals surface area contributed by atoms with Crippen LogP contribution in [-0.4, -0.2) is 25.8 Å². The van der Waals surface area contributed by atoms with Crippen LogP contribution in [0.5, 0.6) is 0 Å². The van der Waals surface area contributed by atoms with E-state index in [1.807, 2.05) is 0 Å². The van der Waals surface area contributed by atoms with E-state index in [2.05, 4.69) is 26.2 Å². The molecule has 3 unspecified atom stereocenters. The van der Waals surface area contributed by atoms with Crippen molar-refractivity contribution in [3.05, 3.63) is 0 Å². The quantitative estimate of drug-likeness (QED) is 0.813. The van der Waals surface area contributed by atoms with Gasteiger partial charge in [-0.15, -0.1) is 0 Å². The van der Waals surface area contributed by atoms with E-state index in [-0.39, 0.29) is 5.60 Å². The molecule has 0 aromatic heterocycles. The fourth-order valence-electron chi connectivity index (χ4n) is 3.85. The Kier molecular flexibility index (Phi) is 4.48. The minimum Gasteiger partial charge on any atom is -0.375 e. The first-order chi connectivity index (χ1) is 8.17. The zero-order chi connectivity index (χ0) is 12.3. The first-order valence-corrected chi connectivity index (χ1v) is 7.45. The Morgan fingerprint density at radius 1 is 1.29 bits per heavy atom. The molecule has 1 N–H and O–H groups in total. The number of rotatable bonds is 4. The molecule has 3 atom stereocenters. The van der Waals surface area contributed by atoms with Gasteiger partial charge in [0.15, 0.2) is 0 Å². The monoisotopic (exact) mass is 239 g/mol. The smallest absolute Gasteiger partial charge is 0.0685 e. The van der Waals surface area contributed by atoms with Crippen LogP contribution in [0.2, 0.25) is 0 Å². The van der Waals surface area contributed by atoms with E-state index in [1.54, 1.807) is 0 Å². The van der Waals surface area contributed by atoms with E-state index in [4.69, 9.17) is 4.74 Å². The number of hydrogen-bond donors (Lipinski definition) is 1. The molecule has 2 fully saturated rings. The molecule has 1 aliphatic heterocycles. The Bertz CT molecular complexity index is 235. The molecule has 1 saturated heterocycles. The second kappa shape index (κ2) is 5.71. The van der Waals surface area contributed by atoms with Crippen molar-refractivity contribution in [3.63, 3.8) is 0 Å². The van der Waals surface area contributed by atoms with Gasteiger partial charge in [-0.3, -0.25) is 0 Å². The normalized spacial score (nSPS) is 31.6. The maximum absolute atomic E-state index is 6.13. The van der Waals surface area contributed by atoms with E-state index < -0.39 is 0 Å². The van der Waals surface area contributed by atoms with Crippen LogP contribution in [0.4, 0.5) is 0 Å². The SMILES string of the molecule is CNCC(C)C(C)C1CCOC2(CCCC2)C1. The molecule has 0 amide bonds. The highest BCUT2D eigenvalue weighted by molar-refractivity contribution is 4.92.